The third kappa shape index (κ3) is 4.97. The molecule has 3 N–H and O–H groups in total. The van der Waals surface area contributed by atoms with Crippen molar-refractivity contribution in [2.24, 2.45) is 0 Å². The molecule has 0 bridgehead atoms. The van der Waals surface area contributed by atoms with Crippen LogP contribution in [0.5, 0.6) is 5.75 Å². The Hall–Kier alpha value is -2.57. The van der Waals surface area contributed by atoms with Crippen molar-refractivity contribution in [2.45, 2.75) is 19.9 Å². The van der Waals surface area contributed by atoms with Gasteiger partial charge in [-0.2, -0.15) is 0 Å². The first-order chi connectivity index (χ1) is 9.40. The largest absolute Gasteiger partial charge is 0.480 e. The third-order valence-electron chi connectivity index (χ3n) is 2.31. The molecule has 0 fully saturated rings. The normalized spacial score (nSPS) is 11.3. The number of anilines is 1. The van der Waals surface area contributed by atoms with Crippen molar-refractivity contribution in [2.75, 3.05) is 11.9 Å². The maximum atomic E-state index is 11.8. The summed E-state index contributed by atoms with van der Waals surface area (Å²) in [6.45, 7) is 2.35. The molecule has 7 heteroatoms. The zero-order chi connectivity index (χ0) is 15.1. The smallest absolute Gasteiger partial charge is 0.341 e. The van der Waals surface area contributed by atoms with Crippen molar-refractivity contribution in [1.82, 2.24) is 5.32 Å². The average Bonchev–Trinajstić information content (AvgIpc) is 2.36. The van der Waals surface area contributed by atoms with Gasteiger partial charge in [-0.3, -0.25) is 9.59 Å². The first kappa shape index (κ1) is 15.5. The van der Waals surface area contributed by atoms with Crippen LogP contribution in [0.15, 0.2) is 24.3 Å². The van der Waals surface area contributed by atoms with E-state index in [9.17, 15) is 14.4 Å². The highest BCUT2D eigenvalue weighted by Crippen LogP contribution is 2.23. The lowest BCUT2D eigenvalue weighted by Crippen LogP contribution is -2.40. The van der Waals surface area contributed by atoms with Crippen LogP contribution in [-0.2, 0) is 14.4 Å². The second-order valence-corrected chi connectivity index (χ2v) is 4.09. The summed E-state index contributed by atoms with van der Waals surface area (Å²) in [5, 5.41) is 13.6. The van der Waals surface area contributed by atoms with E-state index in [1.807, 2.05) is 0 Å². The Bertz CT molecular complexity index is 515. The predicted molar refractivity (Wildman–Crippen MR) is 71.5 cm³/mol. The van der Waals surface area contributed by atoms with Gasteiger partial charge in [-0.1, -0.05) is 12.1 Å². The Labute approximate surface area is 115 Å². The predicted octanol–water partition coefficient (Wildman–Crippen LogP) is 0.613. The molecule has 1 rings (SSSR count). The van der Waals surface area contributed by atoms with Crippen LogP contribution in [0.4, 0.5) is 5.69 Å². The van der Waals surface area contributed by atoms with Gasteiger partial charge in [-0.05, 0) is 19.1 Å². The summed E-state index contributed by atoms with van der Waals surface area (Å²) in [7, 11) is 0. The third-order valence-corrected chi connectivity index (χ3v) is 2.31. The Morgan fingerprint density at radius 1 is 1.30 bits per heavy atom. The number of hydrogen-bond acceptors (Lipinski definition) is 4. The van der Waals surface area contributed by atoms with Crippen LogP contribution >= 0.6 is 0 Å². The molecule has 7 nitrogen and oxygen atoms in total. The first-order valence-electron chi connectivity index (χ1n) is 5.91. The van der Waals surface area contributed by atoms with E-state index in [1.54, 1.807) is 24.3 Å². The Kier molecular flexibility index (Phi) is 5.52. The van der Waals surface area contributed by atoms with E-state index in [4.69, 9.17) is 9.84 Å². The van der Waals surface area contributed by atoms with Crippen molar-refractivity contribution < 1.29 is 24.2 Å². The van der Waals surface area contributed by atoms with Gasteiger partial charge in [-0.25, -0.2) is 4.79 Å². The molecule has 0 aliphatic carbocycles. The minimum atomic E-state index is -1.11. The molecule has 108 valence electrons. The Morgan fingerprint density at radius 3 is 2.55 bits per heavy atom. The SMILES string of the molecule is CC(=O)NC(C)C(=O)Nc1ccccc1OCC(=O)O. The van der Waals surface area contributed by atoms with Crippen LogP contribution in [0.1, 0.15) is 13.8 Å². The number of para-hydroxylation sites is 2. The molecule has 1 unspecified atom stereocenters. The minimum absolute atomic E-state index is 0.248. The van der Waals surface area contributed by atoms with E-state index >= 15 is 0 Å². The lowest BCUT2D eigenvalue weighted by Gasteiger charge is -2.15. The number of amides is 2. The fourth-order valence-electron chi connectivity index (χ4n) is 1.45. The summed E-state index contributed by atoms with van der Waals surface area (Å²) in [6.07, 6.45) is 0. The van der Waals surface area contributed by atoms with E-state index in [-0.39, 0.29) is 11.7 Å². The molecule has 0 spiro atoms. The Balaban J connectivity index is 2.73. The highest BCUT2D eigenvalue weighted by Gasteiger charge is 2.15. The van der Waals surface area contributed by atoms with Gasteiger partial charge >= 0.3 is 5.97 Å². The second kappa shape index (κ2) is 7.13. The lowest BCUT2D eigenvalue weighted by molar-refractivity contribution is -0.139. The summed E-state index contributed by atoms with van der Waals surface area (Å²) < 4.78 is 5.06. The zero-order valence-electron chi connectivity index (χ0n) is 11.2. The molecule has 0 saturated carbocycles. The number of aliphatic carboxylic acids is 1. The highest BCUT2D eigenvalue weighted by atomic mass is 16.5. The Morgan fingerprint density at radius 2 is 1.95 bits per heavy atom. The van der Waals surface area contributed by atoms with Gasteiger partial charge in [0.05, 0.1) is 5.69 Å². The van der Waals surface area contributed by atoms with E-state index in [0.29, 0.717) is 5.69 Å². The topological polar surface area (TPSA) is 105 Å². The molecule has 1 aromatic rings. The maximum absolute atomic E-state index is 11.8. The molecular weight excluding hydrogens is 264 g/mol. The van der Waals surface area contributed by atoms with Crippen LogP contribution in [0.3, 0.4) is 0 Å². The summed E-state index contributed by atoms with van der Waals surface area (Å²) in [4.78, 5) is 33.2. The number of rotatable bonds is 6. The van der Waals surface area contributed by atoms with Crippen molar-refractivity contribution >= 4 is 23.5 Å². The highest BCUT2D eigenvalue weighted by molar-refractivity contribution is 5.97. The lowest BCUT2D eigenvalue weighted by atomic mass is 10.2. The number of benzene rings is 1. The van der Waals surface area contributed by atoms with Gasteiger partial charge in [0.1, 0.15) is 11.8 Å². The number of nitrogens with one attached hydrogen (secondary N) is 2. The standard InChI is InChI=1S/C13H16N2O5/c1-8(14-9(2)16)13(19)15-10-5-3-4-6-11(10)20-7-12(17)18/h3-6,8H,7H2,1-2H3,(H,14,16)(H,15,19)(H,17,18). The minimum Gasteiger partial charge on any atom is -0.480 e. The van der Waals surface area contributed by atoms with Crippen molar-refractivity contribution in [3.63, 3.8) is 0 Å². The number of carboxylic acid groups (broad SMARTS) is 1. The number of carbonyl (C=O) groups is 3. The van der Waals surface area contributed by atoms with E-state index in [0.717, 1.165) is 0 Å². The molecule has 0 radical (unpaired) electrons. The van der Waals surface area contributed by atoms with Crippen molar-refractivity contribution in [1.29, 1.82) is 0 Å². The number of carbonyl (C=O) groups excluding carboxylic acids is 2. The molecule has 1 atom stereocenters. The molecule has 0 aliphatic heterocycles. The molecule has 0 aliphatic rings. The van der Waals surface area contributed by atoms with E-state index in [2.05, 4.69) is 10.6 Å². The summed E-state index contributed by atoms with van der Waals surface area (Å²) in [5.41, 5.74) is 0.343. The second-order valence-electron chi connectivity index (χ2n) is 4.09. The van der Waals surface area contributed by atoms with Gasteiger partial charge in [0.25, 0.3) is 0 Å². The molecular formula is C13H16N2O5. The quantitative estimate of drug-likeness (QED) is 0.708. The van der Waals surface area contributed by atoms with Gasteiger partial charge in [-0.15, -0.1) is 0 Å². The van der Waals surface area contributed by atoms with E-state index in [1.165, 1.54) is 13.8 Å². The van der Waals surface area contributed by atoms with Gasteiger partial charge < -0.3 is 20.5 Å². The van der Waals surface area contributed by atoms with Crippen molar-refractivity contribution in [3.05, 3.63) is 24.3 Å². The molecule has 0 aromatic heterocycles. The van der Waals surface area contributed by atoms with Crippen LogP contribution < -0.4 is 15.4 Å². The molecule has 20 heavy (non-hydrogen) atoms. The van der Waals surface area contributed by atoms with Crippen LogP contribution in [-0.4, -0.2) is 35.5 Å². The van der Waals surface area contributed by atoms with Crippen LogP contribution in [0.25, 0.3) is 0 Å². The van der Waals surface area contributed by atoms with E-state index < -0.39 is 24.5 Å². The van der Waals surface area contributed by atoms with Gasteiger partial charge in [0.15, 0.2) is 6.61 Å². The van der Waals surface area contributed by atoms with Crippen molar-refractivity contribution in [3.8, 4) is 5.75 Å². The molecule has 2 amide bonds. The van der Waals surface area contributed by atoms with Gasteiger partial charge in [0.2, 0.25) is 11.8 Å². The molecule has 0 heterocycles. The molecule has 1 aromatic carbocycles. The molecule has 0 saturated heterocycles. The fraction of sp³-hybridized carbons (Fsp3) is 0.308. The maximum Gasteiger partial charge on any atom is 0.341 e. The van der Waals surface area contributed by atoms with Crippen LogP contribution in [0, 0.1) is 0 Å². The number of hydrogen-bond donors (Lipinski definition) is 3. The summed E-state index contributed by atoms with van der Waals surface area (Å²) >= 11 is 0. The fourth-order valence-corrected chi connectivity index (χ4v) is 1.45. The monoisotopic (exact) mass is 280 g/mol. The van der Waals surface area contributed by atoms with Gasteiger partial charge in [0, 0.05) is 6.92 Å². The summed E-state index contributed by atoms with van der Waals surface area (Å²) in [5.74, 6) is -1.61. The zero-order valence-corrected chi connectivity index (χ0v) is 11.2. The number of carboxylic acids is 1. The first-order valence-corrected chi connectivity index (χ1v) is 5.91. The summed E-state index contributed by atoms with van der Waals surface area (Å²) in [6, 6.07) is 5.74. The van der Waals surface area contributed by atoms with Crippen LogP contribution in [0.2, 0.25) is 0 Å². The average molecular weight is 280 g/mol. The number of ether oxygens (including phenoxy) is 1.